The van der Waals surface area contributed by atoms with Gasteiger partial charge in [-0.05, 0) is 58.1 Å². The van der Waals surface area contributed by atoms with Gasteiger partial charge in [0.1, 0.15) is 5.82 Å². The number of pyridine rings is 1. The van der Waals surface area contributed by atoms with E-state index in [2.05, 4.69) is 42.3 Å². The van der Waals surface area contributed by atoms with Crippen molar-refractivity contribution in [3.8, 4) is 0 Å². The molecule has 0 aliphatic carbocycles. The highest BCUT2D eigenvalue weighted by Crippen LogP contribution is 2.11. The maximum absolute atomic E-state index is 5.90. The molecule has 0 bridgehead atoms. The van der Waals surface area contributed by atoms with E-state index in [1.54, 1.807) is 6.20 Å². The van der Waals surface area contributed by atoms with E-state index in [0.29, 0.717) is 11.9 Å². The van der Waals surface area contributed by atoms with Crippen molar-refractivity contribution in [1.29, 1.82) is 0 Å². The summed E-state index contributed by atoms with van der Waals surface area (Å²) in [5.74, 6) is 0.658. The third-order valence-corrected chi connectivity index (χ3v) is 3.00. The zero-order chi connectivity index (χ0) is 13.4. The smallest absolute Gasteiger partial charge is 0.126 e. The molecule has 0 aliphatic rings. The molecule has 18 heavy (non-hydrogen) atoms. The number of hydrogen-bond donors (Lipinski definition) is 2. The van der Waals surface area contributed by atoms with Gasteiger partial charge in [-0.3, -0.25) is 0 Å². The largest absolute Gasteiger partial charge is 0.383 e. The van der Waals surface area contributed by atoms with Crippen LogP contribution in [0.15, 0.2) is 18.3 Å². The molecule has 1 unspecified atom stereocenters. The Morgan fingerprint density at radius 2 is 2.22 bits per heavy atom. The standard InChI is InChI=1S/C14H26N4/c1-4-8-16-13(7-10-18(2)3)11-12-6-5-9-17-14(12)15/h5-6,9,13,16H,4,7-8,10-11H2,1-3H3,(H2,15,17). The Bertz CT molecular complexity index is 338. The lowest BCUT2D eigenvalue weighted by Crippen LogP contribution is -2.35. The third-order valence-electron chi connectivity index (χ3n) is 3.00. The monoisotopic (exact) mass is 250 g/mol. The molecule has 1 aromatic heterocycles. The van der Waals surface area contributed by atoms with Crippen molar-refractivity contribution in [3.05, 3.63) is 23.9 Å². The van der Waals surface area contributed by atoms with Gasteiger partial charge in [0.25, 0.3) is 0 Å². The zero-order valence-electron chi connectivity index (χ0n) is 11.8. The minimum Gasteiger partial charge on any atom is -0.383 e. The summed E-state index contributed by atoms with van der Waals surface area (Å²) in [5.41, 5.74) is 7.05. The van der Waals surface area contributed by atoms with Crippen LogP contribution in [0.25, 0.3) is 0 Å². The number of anilines is 1. The predicted molar refractivity (Wildman–Crippen MR) is 77.6 cm³/mol. The highest BCUT2D eigenvalue weighted by Gasteiger charge is 2.11. The van der Waals surface area contributed by atoms with E-state index < -0.39 is 0 Å². The highest BCUT2D eigenvalue weighted by molar-refractivity contribution is 5.38. The summed E-state index contributed by atoms with van der Waals surface area (Å²) in [4.78, 5) is 6.36. The molecule has 1 rings (SSSR count). The van der Waals surface area contributed by atoms with Crippen molar-refractivity contribution in [1.82, 2.24) is 15.2 Å². The summed E-state index contributed by atoms with van der Waals surface area (Å²) in [6.45, 7) is 4.33. The molecule has 3 N–H and O–H groups in total. The number of nitrogens with zero attached hydrogens (tertiary/aromatic N) is 2. The number of nitrogens with one attached hydrogen (secondary N) is 1. The normalized spacial score (nSPS) is 12.9. The van der Waals surface area contributed by atoms with Gasteiger partial charge in [0, 0.05) is 12.2 Å². The third kappa shape index (κ3) is 5.47. The molecule has 4 heteroatoms. The van der Waals surface area contributed by atoms with Gasteiger partial charge >= 0.3 is 0 Å². The van der Waals surface area contributed by atoms with Crippen LogP contribution in [0.1, 0.15) is 25.3 Å². The van der Waals surface area contributed by atoms with Crippen molar-refractivity contribution in [2.45, 2.75) is 32.2 Å². The average molecular weight is 250 g/mol. The van der Waals surface area contributed by atoms with Gasteiger partial charge in [-0.1, -0.05) is 13.0 Å². The van der Waals surface area contributed by atoms with Crippen LogP contribution in [0.3, 0.4) is 0 Å². The Hall–Kier alpha value is -1.13. The summed E-state index contributed by atoms with van der Waals surface area (Å²) < 4.78 is 0. The van der Waals surface area contributed by atoms with Gasteiger partial charge in [0.05, 0.1) is 0 Å². The fraction of sp³-hybridized carbons (Fsp3) is 0.643. The molecule has 1 heterocycles. The van der Waals surface area contributed by atoms with Crippen LogP contribution in [0, 0.1) is 0 Å². The van der Waals surface area contributed by atoms with Gasteiger partial charge in [-0.25, -0.2) is 4.98 Å². The molecule has 0 saturated carbocycles. The van der Waals surface area contributed by atoms with Crippen LogP contribution >= 0.6 is 0 Å². The fourth-order valence-electron chi connectivity index (χ4n) is 1.93. The lowest BCUT2D eigenvalue weighted by Gasteiger charge is -2.21. The predicted octanol–water partition coefficient (Wildman–Crippen LogP) is 1.53. The van der Waals surface area contributed by atoms with Crippen molar-refractivity contribution in [2.75, 3.05) is 32.9 Å². The van der Waals surface area contributed by atoms with E-state index in [0.717, 1.165) is 37.9 Å². The maximum atomic E-state index is 5.90. The molecule has 0 aliphatic heterocycles. The minimum absolute atomic E-state index is 0.471. The highest BCUT2D eigenvalue weighted by atomic mass is 15.1. The van der Waals surface area contributed by atoms with E-state index in [-0.39, 0.29) is 0 Å². The molecule has 0 spiro atoms. The number of nitrogen functional groups attached to an aromatic ring is 1. The Morgan fingerprint density at radius 3 is 2.83 bits per heavy atom. The first kappa shape index (κ1) is 14.9. The van der Waals surface area contributed by atoms with Gasteiger partial charge in [-0.2, -0.15) is 0 Å². The molecule has 1 aromatic rings. The second-order valence-electron chi connectivity index (χ2n) is 4.99. The van der Waals surface area contributed by atoms with Gasteiger partial charge in [0.2, 0.25) is 0 Å². The quantitative estimate of drug-likeness (QED) is 0.734. The Balaban J connectivity index is 2.56. The fourth-order valence-corrected chi connectivity index (χ4v) is 1.93. The van der Waals surface area contributed by atoms with Gasteiger partial charge in [0.15, 0.2) is 0 Å². The Morgan fingerprint density at radius 1 is 1.44 bits per heavy atom. The molecule has 0 radical (unpaired) electrons. The first-order valence-electron chi connectivity index (χ1n) is 6.71. The minimum atomic E-state index is 0.471. The number of hydrogen-bond acceptors (Lipinski definition) is 4. The van der Waals surface area contributed by atoms with E-state index in [1.807, 2.05) is 6.07 Å². The van der Waals surface area contributed by atoms with Crippen LogP contribution in [0.4, 0.5) is 5.82 Å². The Kier molecular flexibility index (Phi) is 6.68. The average Bonchev–Trinajstić information content (AvgIpc) is 2.35. The molecule has 0 aromatic carbocycles. The first-order chi connectivity index (χ1) is 8.63. The summed E-state index contributed by atoms with van der Waals surface area (Å²) >= 11 is 0. The SMILES string of the molecule is CCCNC(CCN(C)C)Cc1cccnc1N. The first-order valence-corrected chi connectivity index (χ1v) is 6.71. The molecular weight excluding hydrogens is 224 g/mol. The van der Waals surface area contributed by atoms with Crippen molar-refractivity contribution >= 4 is 5.82 Å². The van der Waals surface area contributed by atoms with Crippen molar-refractivity contribution < 1.29 is 0 Å². The zero-order valence-corrected chi connectivity index (χ0v) is 11.8. The van der Waals surface area contributed by atoms with E-state index in [1.165, 1.54) is 0 Å². The molecule has 0 amide bonds. The van der Waals surface area contributed by atoms with Crippen LogP contribution in [-0.2, 0) is 6.42 Å². The van der Waals surface area contributed by atoms with Crippen molar-refractivity contribution in [3.63, 3.8) is 0 Å². The van der Waals surface area contributed by atoms with Crippen LogP contribution in [-0.4, -0.2) is 43.1 Å². The van der Waals surface area contributed by atoms with E-state index >= 15 is 0 Å². The summed E-state index contributed by atoms with van der Waals surface area (Å²) in [7, 11) is 4.21. The summed E-state index contributed by atoms with van der Waals surface area (Å²) in [5, 5.41) is 3.59. The van der Waals surface area contributed by atoms with Gasteiger partial charge in [-0.15, -0.1) is 0 Å². The molecular formula is C14H26N4. The Labute approximate surface area is 111 Å². The lowest BCUT2D eigenvalue weighted by molar-refractivity contribution is 0.356. The topological polar surface area (TPSA) is 54.2 Å². The maximum Gasteiger partial charge on any atom is 0.126 e. The number of nitrogens with two attached hydrogens (primary N) is 1. The van der Waals surface area contributed by atoms with E-state index in [4.69, 9.17) is 5.73 Å². The lowest BCUT2D eigenvalue weighted by atomic mass is 10.0. The number of rotatable bonds is 8. The van der Waals surface area contributed by atoms with Gasteiger partial charge < -0.3 is 16.0 Å². The van der Waals surface area contributed by atoms with Crippen LogP contribution in [0.2, 0.25) is 0 Å². The second-order valence-corrected chi connectivity index (χ2v) is 4.99. The van der Waals surface area contributed by atoms with Crippen molar-refractivity contribution in [2.24, 2.45) is 0 Å². The summed E-state index contributed by atoms with van der Waals surface area (Å²) in [6.07, 6.45) is 4.98. The van der Waals surface area contributed by atoms with Crippen LogP contribution in [0.5, 0.6) is 0 Å². The molecule has 4 nitrogen and oxygen atoms in total. The van der Waals surface area contributed by atoms with E-state index in [9.17, 15) is 0 Å². The summed E-state index contributed by atoms with van der Waals surface area (Å²) in [6, 6.07) is 4.49. The molecule has 0 fully saturated rings. The number of aromatic nitrogens is 1. The molecule has 1 atom stereocenters. The second kappa shape index (κ2) is 8.06. The molecule has 102 valence electrons. The molecule has 0 saturated heterocycles. The van der Waals surface area contributed by atoms with Crippen LogP contribution < -0.4 is 11.1 Å².